The van der Waals surface area contributed by atoms with Crippen molar-refractivity contribution in [3.05, 3.63) is 59.9 Å². The Morgan fingerprint density at radius 3 is 2.50 bits per heavy atom. The first-order valence-corrected chi connectivity index (χ1v) is 10.4. The Hall–Kier alpha value is -3.75. The minimum atomic E-state index is -1.37. The van der Waals surface area contributed by atoms with E-state index in [1.807, 2.05) is 0 Å². The molecule has 4 rings (SSSR count). The van der Waals surface area contributed by atoms with Crippen molar-refractivity contribution in [3.63, 3.8) is 0 Å². The molecule has 9 heteroatoms. The summed E-state index contributed by atoms with van der Waals surface area (Å²) in [4.78, 5) is 53.9. The number of para-hydroxylation sites is 2. The highest BCUT2D eigenvalue weighted by Gasteiger charge is 2.52. The highest BCUT2D eigenvalue weighted by Crippen LogP contribution is 2.34. The van der Waals surface area contributed by atoms with E-state index >= 15 is 0 Å². The number of carbonyl (C=O) groups is 4. The molecule has 0 spiro atoms. The molecule has 0 saturated carbocycles. The van der Waals surface area contributed by atoms with Crippen LogP contribution in [0.25, 0.3) is 0 Å². The van der Waals surface area contributed by atoms with Crippen molar-refractivity contribution in [3.8, 4) is 0 Å². The lowest BCUT2D eigenvalue weighted by Gasteiger charge is -2.29. The summed E-state index contributed by atoms with van der Waals surface area (Å²) >= 11 is 0. The molecular formula is C23H23FN4O4. The highest BCUT2D eigenvalue weighted by atomic mass is 19.1. The normalized spacial score (nSPS) is 22.8. The zero-order valence-electron chi connectivity index (χ0n) is 17.7. The van der Waals surface area contributed by atoms with Gasteiger partial charge >= 0.3 is 6.03 Å². The first-order chi connectivity index (χ1) is 15.3. The number of rotatable bonds is 4. The summed E-state index contributed by atoms with van der Waals surface area (Å²) in [5.74, 6) is -1.75. The van der Waals surface area contributed by atoms with Gasteiger partial charge in [0.15, 0.2) is 0 Å². The minimum Gasteiger partial charge on any atom is -0.324 e. The van der Waals surface area contributed by atoms with Gasteiger partial charge in [0.05, 0.1) is 11.4 Å². The third-order valence-corrected chi connectivity index (χ3v) is 5.96. The van der Waals surface area contributed by atoms with Gasteiger partial charge in [0.1, 0.15) is 17.9 Å². The number of hydrogen-bond acceptors (Lipinski definition) is 4. The Kier molecular flexibility index (Phi) is 5.41. The summed E-state index contributed by atoms with van der Waals surface area (Å²) < 4.78 is 13.4. The number of benzene rings is 2. The second kappa shape index (κ2) is 8.07. The molecule has 8 nitrogen and oxygen atoms in total. The largest absolute Gasteiger partial charge is 0.325 e. The molecule has 5 amide bonds. The summed E-state index contributed by atoms with van der Waals surface area (Å²) in [6, 6.07) is 11.1. The van der Waals surface area contributed by atoms with Crippen LogP contribution in [0.4, 0.5) is 20.6 Å². The van der Waals surface area contributed by atoms with E-state index in [-0.39, 0.29) is 18.7 Å². The SMILES string of the molecule is CC[C@]1(c2ccc(F)cc2)NC(=O)N(CC(=O)N2c3ccccc3NC(=O)C[C@@H]2C)C1=O. The van der Waals surface area contributed by atoms with Crippen LogP contribution in [-0.4, -0.2) is 41.2 Å². The second-order valence-corrected chi connectivity index (χ2v) is 7.97. The van der Waals surface area contributed by atoms with Gasteiger partial charge in [-0.2, -0.15) is 0 Å². The highest BCUT2D eigenvalue weighted by molar-refractivity contribution is 6.12. The first-order valence-electron chi connectivity index (χ1n) is 10.4. The van der Waals surface area contributed by atoms with Crippen LogP contribution in [0.3, 0.4) is 0 Å². The van der Waals surface area contributed by atoms with Crippen LogP contribution in [0.5, 0.6) is 0 Å². The molecule has 0 unspecified atom stereocenters. The predicted octanol–water partition coefficient (Wildman–Crippen LogP) is 2.75. The van der Waals surface area contributed by atoms with Gasteiger partial charge in [0, 0.05) is 12.5 Å². The van der Waals surface area contributed by atoms with Crippen molar-refractivity contribution in [2.75, 3.05) is 16.8 Å². The molecule has 1 fully saturated rings. The number of urea groups is 1. The lowest BCUT2D eigenvalue weighted by molar-refractivity contribution is -0.135. The minimum absolute atomic E-state index is 0.0784. The fourth-order valence-electron chi connectivity index (χ4n) is 4.32. The second-order valence-electron chi connectivity index (χ2n) is 7.97. The van der Waals surface area contributed by atoms with Crippen molar-refractivity contribution in [2.24, 2.45) is 0 Å². The quantitative estimate of drug-likeness (QED) is 0.717. The van der Waals surface area contributed by atoms with E-state index in [9.17, 15) is 23.6 Å². The number of hydrogen-bond donors (Lipinski definition) is 2. The van der Waals surface area contributed by atoms with Crippen molar-refractivity contribution < 1.29 is 23.6 Å². The summed E-state index contributed by atoms with van der Waals surface area (Å²) in [6.45, 7) is 2.98. The van der Waals surface area contributed by atoms with Crippen LogP contribution >= 0.6 is 0 Å². The van der Waals surface area contributed by atoms with Crippen molar-refractivity contribution in [1.82, 2.24) is 10.2 Å². The fourth-order valence-corrected chi connectivity index (χ4v) is 4.32. The van der Waals surface area contributed by atoms with Crippen LogP contribution in [-0.2, 0) is 19.9 Å². The van der Waals surface area contributed by atoms with Gasteiger partial charge in [0.25, 0.3) is 5.91 Å². The van der Waals surface area contributed by atoms with Crippen molar-refractivity contribution in [2.45, 2.75) is 38.3 Å². The van der Waals surface area contributed by atoms with Crippen LogP contribution < -0.4 is 15.5 Å². The van der Waals surface area contributed by atoms with Gasteiger partial charge in [-0.1, -0.05) is 31.2 Å². The smallest absolute Gasteiger partial charge is 0.324 e. The molecule has 1 saturated heterocycles. The van der Waals surface area contributed by atoms with E-state index in [0.29, 0.717) is 16.9 Å². The van der Waals surface area contributed by atoms with Crippen molar-refractivity contribution in [1.29, 1.82) is 0 Å². The standard InChI is InChI=1S/C23H23FN4O4/c1-3-23(15-8-10-16(24)11-9-15)21(31)27(22(32)26-23)13-20(30)28-14(2)12-19(29)25-17-6-4-5-7-18(17)28/h4-11,14H,3,12-13H2,1-2H3,(H,25,29)(H,26,32)/t14-,23+/m0/s1. The average molecular weight is 438 g/mol. The molecule has 32 heavy (non-hydrogen) atoms. The van der Waals surface area contributed by atoms with E-state index in [1.165, 1.54) is 29.2 Å². The van der Waals surface area contributed by atoms with E-state index in [2.05, 4.69) is 10.6 Å². The average Bonchev–Trinajstić information content (AvgIpc) is 2.92. The van der Waals surface area contributed by atoms with E-state index in [0.717, 1.165) is 4.90 Å². The lowest BCUT2D eigenvalue weighted by Crippen LogP contribution is -2.48. The van der Waals surface area contributed by atoms with Gasteiger partial charge < -0.3 is 15.5 Å². The molecule has 2 aromatic rings. The molecule has 0 aromatic heterocycles. The van der Waals surface area contributed by atoms with Gasteiger partial charge in [-0.05, 0) is 43.2 Å². The molecule has 166 valence electrons. The summed E-state index contributed by atoms with van der Waals surface area (Å²) in [6.07, 6.45) is 0.310. The number of amides is 5. The number of anilines is 2. The summed E-state index contributed by atoms with van der Waals surface area (Å²) in [5.41, 5.74) is 0.0630. The molecule has 2 atom stereocenters. The molecule has 0 aliphatic carbocycles. The van der Waals surface area contributed by atoms with Crippen LogP contribution in [0.15, 0.2) is 48.5 Å². The molecule has 2 aliphatic rings. The number of imide groups is 1. The zero-order valence-corrected chi connectivity index (χ0v) is 17.7. The van der Waals surface area contributed by atoms with Gasteiger partial charge in [-0.15, -0.1) is 0 Å². The molecule has 2 heterocycles. The maximum absolute atomic E-state index is 13.4. The number of fused-ring (bicyclic) bond motifs is 1. The van der Waals surface area contributed by atoms with Gasteiger partial charge in [-0.25, -0.2) is 9.18 Å². The Morgan fingerprint density at radius 1 is 1.12 bits per heavy atom. The van der Waals surface area contributed by atoms with Crippen molar-refractivity contribution >= 4 is 35.1 Å². The maximum Gasteiger partial charge on any atom is 0.325 e. The Morgan fingerprint density at radius 2 is 1.81 bits per heavy atom. The predicted molar refractivity (Wildman–Crippen MR) is 115 cm³/mol. The van der Waals surface area contributed by atoms with Crippen LogP contribution in [0.1, 0.15) is 32.3 Å². The van der Waals surface area contributed by atoms with Crippen LogP contribution in [0, 0.1) is 5.82 Å². The molecule has 2 aliphatic heterocycles. The number of nitrogens with zero attached hydrogens (tertiary/aromatic N) is 2. The summed E-state index contributed by atoms with van der Waals surface area (Å²) in [7, 11) is 0. The number of carbonyl (C=O) groups excluding carboxylic acids is 4. The lowest BCUT2D eigenvalue weighted by atomic mass is 9.87. The number of nitrogens with one attached hydrogen (secondary N) is 2. The van der Waals surface area contributed by atoms with Gasteiger partial charge in [-0.3, -0.25) is 19.3 Å². The molecule has 0 bridgehead atoms. The number of halogens is 1. The van der Waals surface area contributed by atoms with E-state index < -0.39 is 41.8 Å². The maximum atomic E-state index is 13.4. The van der Waals surface area contributed by atoms with Gasteiger partial charge in [0.2, 0.25) is 11.8 Å². The summed E-state index contributed by atoms with van der Waals surface area (Å²) in [5, 5.41) is 5.46. The van der Waals surface area contributed by atoms with E-state index in [1.54, 1.807) is 38.1 Å². The Balaban J connectivity index is 1.63. The third kappa shape index (κ3) is 3.49. The molecule has 2 N–H and O–H groups in total. The Labute approximate surface area is 184 Å². The fraction of sp³-hybridized carbons (Fsp3) is 0.304. The zero-order chi connectivity index (χ0) is 23.0. The first kappa shape index (κ1) is 21.5. The van der Waals surface area contributed by atoms with Crippen LogP contribution in [0.2, 0.25) is 0 Å². The molecule has 2 aromatic carbocycles. The third-order valence-electron chi connectivity index (χ3n) is 5.96. The Bertz CT molecular complexity index is 1100. The topological polar surface area (TPSA) is 98.8 Å². The van der Waals surface area contributed by atoms with E-state index in [4.69, 9.17) is 0 Å². The molecular weight excluding hydrogens is 415 g/mol. The molecule has 0 radical (unpaired) electrons. The monoisotopic (exact) mass is 438 g/mol.